The van der Waals surface area contributed by atoms with E-state index < -0.39 is 5.97 Å². The van der Waals surface area contributed by atoms with Crippen molar-refractivity contribution in [2.75, 3.05) is 26.2 Å². The number of likely N-dealkylation sites (tertiary alicyclic amines) is 1. The highest BCUT2D eigenvalue weighted by molar-refractivity contribution is 5.78. The van der Waals surface area contributed by atoms with Gasteiger partial charge in [0, 0.05) is 32.5 Å². The van der Waals surface area contributed by atoms with Crippen LogP contribution in [0.2, 0.25) is 0 Å². The minimum Gasteiger partial charge on any atom is -0.481 e. The predicted octanol–water partition coefficient (Wildman–Crippen LogP) is 1.37. The van der Waals surface area contributed by atoms with Crippen molar-refractivity contribution >= 4 is 11.9 Å². The van der Waals surface area contributed by atoms with Gasteiger partial charge in [0.25, 0.3) is 0 Å². The molecule has 2 N–H and O–H groups in total. The van der Waals surface area contributed by atoms with E-state index in [2.05, 4.69) is 16.3 Å². The van der Waals surface area contributed by atoms with Crippen LogP contribution in [0.15, 0.2) is 0 Å². The second-order valence-corrected chi connectivity index (χ2v) is 5.54. The Bertz CT molecular complexity index is 379. The fourth-order valence-corrected chi connectivity index (χ4v) is 2.61. The Morgan fingerprint density at radius 1 is 1.33 bits per heavy atom. The van der Waals surface area contributed by atoms with E-state index in [0.29, 0.717) is 19.4 Å². The molecular weight excluding hydrogens is 270 g/mol. The monoisotopic (exact) mass is 295 g/mol. The number of carboxylic acid groups (broad SMARTS) is 1. The minimum atomic E-state index is -0.765. The number of amides is 1. The van der Waals surface area contributed by atoms with Gasteiger partial charge in [0.15, 0.2) is 0 Å². The van der Waals surface area contributed by atoms with E-state index in [0.717, 1.165) is 45.3 Å². The van der Waals surface area contributed by atoms with Crippen molar-refractivity contribution < 1.29 is 14.7 Å². The quantitative estimate of drug-likeness (QED) is 0.627. The maximum Gasteiger partial charge on any atom is 0.303 e. The van der Waals surface area contributed by atoms with Crippen molar-refractivity contribution in [2.45, 2.75) is 44.9 Å². The van der Waals surface area contributed by atoms with Gasteiger partial charge in [-0.15, -0.1) is 0 Å². The van der Waals surface area contributed by atoms with Crippen molar-refractivity contribution in [3.8, 4) is 6.07 Å². The lowest BCUT2D eigenvalue weighted by atomic mass is 9.97. The number of unbranched alkanes of at least 4 members (excludes halogenated alkanes) is 2. The van der Waals surface area contributed by atoms with E-state index in [1.807, 2.05) is 0 Å². The number of hydrogen-bond acceptors (Lipinski definition) is 4. The number of piperidine rings is 1. The maximum absolute atomic E-state index is 12.1. The summed E-state index contributed by atoms with van der Waals surface area (Å²) in [5.41, 5.74) is 0. The van der Waals surface area contributed by atoms with Gasteiger partial charge in [-0.3, -0.25) is 9.59 Å². The third kappa shape index (κ3) is 7.66. The molecule has 1 aliphatic heterocycles. The van der Waals surface area contributed by atoms with E-state index in [4.69, 9.17) is 10.4 Å². The lowest BCUT2D eigenvalue weighted by molar-refractivity contribution is -0.137. The van der Waals surface area contributed by atoms with Crippen LogP contribution in [-0.2, 0) is 9.59 Å². The summed E-state index contributed by atoms with van der Waals surface area (Å²) >= 11 is 0. The summed E-state index contributed by atoms with van der Waals surface area (Å²) in [4.78, 5) is 24.6. The molecule has 6 heteroatoms. The van der Waals surface area contributed by atoms with Crippen LogP contribution in [0.4, 0.5) is 0 Å². The normalized spacial score (nSPS) is 18.9. The van der Waals surface area contributed by atoms with Crippen LogP contribution in [0.1, 0.15) is 44.9 Å². The van der Waals surface area contributed by atoms with E-state index in [1.165, 1.54) is 0 Å². The van der Waals surface area contributed by atoms with Gasteiger partial charge >= 0.3 is 5.97 Å². The number of nitrogens with one attached hydrogen (secondary N) is 1. The molecule has 0 aromatic heterocycles. The summed E-state index contributed by atoms with van der Waals surface area (Å²) in [5, 5.41) is 20.1. The average molecular weight is 295 g/mol. The number of nitriles is 1. The van der Waals surface area contributed by atoms with Crippen molar-refractivity contribution in [3.05, 3.63) is 0 Å². The maximum atomic E-state index is 12.1. The summed E-state index contributed by atoms with van der Waals surface area (Å²) in [7, 11) is 0. The first kappa shape index (κ1) is 17.4. The molecular formula is C15H25N3O3. The molecule has 0 radical (unpaired) electrons. The fourth-order valence-electron chi connectivity index (χ4n) is 2.61. The highest BCUT2D eigenvalue weighted by atomic mass is 16.4. The van der Waals surface area contributed by atoms with Crippen LogP contribution < -0.4 is 5.32 Å². The van der Waals surface area contributed by atoms with Gasteiger partial charge in [-0.25, -0.2) is 0 Å². The second kappa shape index (κ2) is 10.2. The summed E-state index contributed by atoms with van der Waals surface area (Å²) in [5.74, 6) is -0.648. The predicted molar refractivity (Wildman–Crippen MR) is 78.5 cm³/mol. The van der Waals surface area contributed by atoms with Crippen LogP contribution in [0.25, 0.3) is 0 Å². The largest absolute Gasteiger partial charge is 0.481 e. The van der Waals surface area contributed by atoms with Gasteiger partial charge in [0.05, 0.1) is 12.0 Å². The lowest BCUT2D eigenvalue weighted by Gasteiger charge is -2.31. The Hall–Kier alpha value is -1.61. The SMILES string of the molecule is N#CCCN1CCCC(C(=O)NCCCCCC(=O)O)C1. The van der Waals surface area contributed by atoms with Crippen LogP contribution in [0.5, 0.6) is 0 Å². The smallest absolute Gasteiger partial charge is 0.303 e. The molecule has 118 valence electrons. The highest BCUT2D eigenvalue weighted by Crippen LogP contribution is 2.16. The molecule has 1 atom stereocenters. The van der Waals surface area contributed by atoms with Crippen LogP contribution >= 0.6 is 0 Å². The fraction of sp³-hybridized carbons (Fsp3) is 0.800. The van der Waals surface area contributed by atoms with E-state index >= 15 is 0 Å². The summed E-state index contributed by atoms with van der Waals surface area (Å²) in [6.07, 6.45) is 4.93. The van der Waals surface area contributed by atoms with E-state index in [-0.39, 0.29) is 18.2 Å². The van der Waals surface area contributed by atoms with Crippen molar-refractivity contribution in [1.29, 1.82) is 5.26 Å². The molecule has 1 saturated heterocycles. The van der Waals surface area contributed by atoms with Gasteiger partial charge in [-0.05, 0) is 32.2 Å². The van der Waals surface area contributed by atoms with Gasteiger partial charge in [-0.1, -0.05) is 6.42 Å². The second-order valence-electron chi connectivity index (χ2n) is 5.54. The zero-order valence-corrected chi connectivity index (χ0v) is 12.5. The van der Waals surface area contributed by atoms with Gasteiger partial charge in [-0.2, -0.15) is 5.26 Å². The molecule has 0 aromatic carbocycles. The average Bonchev–Trinajstić information content (AvgIpc) is 2.48. The first-order chi connectivity index (χ1) is 10.1. The molecule has 6 nitrogen and oxygen atoms in total. The number of carbonyl (C=O) groups is 2. The summed E-state index contributed by atoms with van der Waals surface area (Å²) in [6.45, 7) is 3.08. The standard InChI is InChI=1S/C15H25N3O3/c16-8-5-11-18-10-4-6-13(12-18)15(21)17-9-3-1-2-7-14(19)20/h13H,1-7,9-12H2,(H,17,21)(H,19,20). The van der Waals surface area contributed by atoms with Crippen molar-refractivity contribution in [3.63, 3.8) is 0 Å². The Morgan fingerprint density at radius 2 is 2.14 bits per heavy atom. The van der Waals surface area contributed by atoms with Crippen LogP contribution in [0, 0.1) is 17.2 Å². The molecule has 0 bridgehead atoms. The third-order valence-electron chi connectivity index (χ3n) is 3.78. The first-order valence-corrected chi connectivity index (χ1v) is 7.72. The van der Waals surface area contributed by atoms with Crippen molar-refractivity contribution in [2.24, 2.45) is 5.92 Å². The molecule has 0 saturated carbocycles. The Morgan fingerprint density at radius 3 is 2.86 bits per heavy atom. The number of carboxylic acids is 1. The zero-order chi connectivity index (χ0) is 15.5. The van der Waals surface area contributed by atoms with Gasteiger partial charge in [0.1, 0.15) is 0 Å². The molecule has 1 amide bonds. The Labute approximate surface area is 126 Å². The van der Waals surface area contributed by atoms with Crippen LogP contribution in [-0.4, -0.2) is 48.1 Å². The molecule has 1 heterocycles. The zero-order valence-electron chi connectivity index (χ0n) is 12.5. The van der Waals surface area contributed by atoms with E-state index in [1.54, 1.807) is 0 Å². The number of nitrogens with zero attached hydrogens (tertiary/aromatic N) is 2. The molecule has 0 aromatic rings. The van der Waals surface area contributed by atoms with Gasteiger partial charge < -0.3 is 15.3 Å². The molecule has 1 fully saturated rings. The third-order valence-corrected chi connectivity index (χ3v) is 3.78. The molecule has 21 heavy (non-hydrogen) atoms. The molecule has 1 unspecified atom stereocenters. The highest BCUT2D eigenvalue weighted by Gasteiger charge is 2.24. The molecule has 1 aliphatic rings. The van der Waals surface area contributed by atoms with E-state index in [9.17, 15) is 9.59 Å². The molecule has 0 aliphatic carbocycles. The summed E-state index contributed by atoms with van der Waals surface area (Å²) in [6, 6.07) is 2.14. The summed E-state index contributed by atoms with van der Waals surface area (Å²) < 4.78 is 0. The Balaban J connectivity index is 2.13. The minimum absolute atomic E-state index is 0.0245. The number of aliphatic carboxylic acids is 1. The topological polar surface area (TPSA) is 93.4 Å². The molecule has 1 rings (SSSR count). The molecule has 0 spiro atoms. The van der Waals surface area contributed by atoms with Crippen LogP contribution in [0.3, 0.4) is 0 Å². The number of carbonyl (C=O) groups excluding carboxylic acids is 1. The number of hydrogen-bond donors (Lipinski definition) is 2. The van der Waals surface area contributed by atoms with Crippen molar-refractivity contribution in [1.82, 2.24) is 10.2 Å². The first-order valence-electron chi connectivity index (χ1n) is 7.72. The Kier molecular flexibility index (Phi) is 8.44. The van der Waals surface area contributed by atoms with Gasteiger partial charge in [0.2, 0.25) is 5.91 Å². The number of rotatable bonds is 9. The lowest BCUT2D eigenvalue weighted by Crippen LogP contribution is -2.43.